The van der Waals surface area contributed by atoms with Gasteiger partial charge in [-0.25, -0.2) is 14.8 Å². The van der Waals surface area contributed by atoms with E-state index in [9.17, 15) is 9.59 Å². The molecule has 4 rings (SSSR count). The van der Waals surface area contributed by atoms with Crippen LogP contribution >= 0.6 is 23.1 Å². The molecule has 0 aliphatic carbocycles. The monoisotopic (exact) mass is 442 g/mol. The molecule has 1 amide bonds. The Morgan fingerprint density at radius 2 is 2.07 bits per heavy atom. The van der Waals surface area contributed by atoms with E-state index < -0.39 is 11.2 Å². The van der Waals surface area contributed by atoms with Gasteiger partial charge in [0, 0.05) is 10.9 Å². The van der Waals surface area contributed by atoms with Crippen molar-refractivity contribution in [3.63, 3.8) is 0 Å². The molecule has 0 unspecified atom stereocenters. The summed E-state index contributed by atoms with van der Waals surface area (Å²) in [6.45, 7) is 5.46. The van der Waals surface area contributed by atoms with Gasteiger partial charge in [0.2, 0.25) is 11.1 Å². The fourth-order valence-electron chi connectivity index (χ4n) is 2.81. The number of thioether (sulfide) groups is 1. The van der Waals surface area contributed by atoms with Gasteiger partial charge in [-0.05, 0) is 26.8 Å². The lowest BCUT2D eigenvalue weighted by Crippen LogP contribution is -2.22. The lowest BCUT2D eigenvalue weighted by Gasteiger charge is -2.08. The summed E-state index contributed by atoms with van der Waals surface area (Å²) >= 11 is 2.28. The standard InChI is InChI=1S/C19H18N6O3S2/c1-4-28-17(27)14-9(2)20-18(30-14)23-16(26)10(3)29-19-22-15-13(24-25-19)11-7-5-6-8-12(11)21-15/h5-8,10H,4H2,1-3H3,(H,20,23,26)(H,21,22,25)/t10-/m1/s1. The predicted molar refractivity (Wildman–Crippen MR) is 116 cm³/mol. The number of esters is 1. The number of benzene rings is 1. The van der Waals surface area contributed by atoms with Crippen LogP contribution in [0.25, 0.3) is 22.1 Å². The summed E-state index contributed by atoms with van der Waals surface area (Å²) in [6, 6.07) is 7.76. The van der Waals surface area contributed by atoms with Crippen LogP contribution in [0.5, 0.6) is 0 Å². The maximum Gasteiger partial charge on any atom is 0.350 e. The van der Waals surface area contributed by atoms with Crippen molar-refractivity contribution in [2.24, 2.45) is 0 Å². The first-order valence-electron chi connectivity index (χ1n) is 9.19. The van der Waals surface area contributed by atoms with Crippen molar-refractivity contribution in [1.82, 2.24) is 25.1 Å². The molecule has 154 valence electrons. The quantitative estimate of drug-likeness (QED) is 0.343. The van der Waals surface area contributed by atoms with Gasteiger partial charge in [-0.1, -0.05) is 41.3 Å². The maximum atomic E-state index is 12.6. The highest BCUT2D eigenvalue weighted by Gasteiger charge is 2.21. The summed E-state index contributed by atoms with van der Waals surface area (Å²) in [5.41, 5.74) is 2.76. The van der Waals surface area contributed by atoms with Crippen molar-refractivity contribution < 1.29 is 14.3 Å². The number of carbonyl (C=O) groups is 2. The molecule has 9 nitrogen and oxygen atoms in total. The molecule has 0 fully saturated rings. The Morgan fingerprint density at radius 1 is 1.27 bits per heavy atom. The summed E-state index contributed by atoms with van der Waals surface area (Å²) in [7, 11) is 0. The third kappa shape index (κ3) is 3.98. The Morgan fingerprint density at radius 3 is 2.87 bits per heavy atom. The van der Waals surface area contributed by atoms with E-state index in [1.54, 1.807) is 20.8 Å². The molecule has 1 atom stereocenters. The highest BCUT2D eigenvalue weighted by molar-refractivity contribution is 8.00. The average molecular weight is 443 g/mol. The Hall–Kier alpha value is -3.05. The summed E-state index contributed by atoms with van der Waals surface area (Å²) in [5.74, 6) is -0.717. The summed E-state index contributed by atoms with van der Waals surface area (Å²) in [5, 5.41) is 12.3. The fourth-order valence-corrected chi connectivity index (χ4v) is 4.39. The Bertz CT molecular complexity index is 1250. The molecule has 30 heavy (non-hydrogen) atoms. The first-order chi connectivity index (χ1) is 14.5. The second-order valence-electron chi connectivity index (χ2n) is 6.37. The molecule has 2 N–H and O–H groups in total. The van der Waals surface area contributed by atoms with Crippen LogP contribution in [0.3, 0.4) is 0 Å². The number of fused-ring (bicyclic) bond motifs is 3. The van der Waals surface area contributed by atoms with E-state index in [0.717, 1.165) is 22.2 Å². The number of nitrogens with zero attached hydrogens (tertiary/aromatic N) is 4. The third-order valence-corrected chi connectivity index (χ3v) is 6.25. The van der Waals surface area contributed by atoms with E-state index in [-0.39, 0.29) is 12.5 Å². The van der Waals surface area contributed by atoms with E-state index in [1.165, 1.54) is 11.8 Å². The molecule has 0 saturated carbocycles. The molecule has 0 aliphatic rings. The molecule has 0 spiro atoms. The highest BCUT2D eigenvalue weighted by Crippen LogP contribution is 2.27. The van der Waals surface area contributed by atoms with Gasteiger partial charge in [0.25, 0.3) is 0 Å². The minimum atomic E-state index is -0.496. The Kier molecular flexibility index (Phi) is 5.64. The molecule has 11 heteroatoms. The van der Waals surface area contributed by atoms with E-state index in [2.05, 4.69) is 30.5 Å². The SMILES string of the molecule is CCOC(=O)c1sc(NC(=O)[C@@H](C)Sc2nnc3c(n2)[nH]c2ccccc23)nc1C. The minimum Gasteiger partial charge on any atom is -0.462 e. The second kappa shape index (κ2) is 8.36. The average Bonchev–Trinajstić information content (AvgIpc) is 3.27. The zero-order valence-corrected chi connectivity index (χ0v) is 18.1. The molecule has 0 aliphatic heterocycles. The third-order valence-electron chi connectivity index (χ3n) is 4.24. The number of hydrogen-bond acceptors (Lipinski definition) is 9. The number of H-pyrrole nitrogens is 1. The smallest absolute Gasteiger partial charge is 0.350 e. The highest BCUT2D eigenvalue weighted by atomic mass is 32.2. The van der Waals surface area contributed by atoms with Crippen LogP contribution in [-0.2, 0) is 9.53 Å². The Labute approximate surface area is 179 Å². The molecule has 1 aromatic carbocycles. The number of aromatic nitrogens is 5. The summed E-state index contributed by atoms with van der Waals surface area (Å²) < 4.78 is 5.00. The first kappa shape index (κ1) is 20.2. The number of para-hydroxylation sites is 1. The lowest BCUT2D eigenvalue weighted by molar-refractivity contribution is -0.115. The van der Waals surface area contributed by atoms with Crippen LogP contribution in [0, 0.1) is 6.92 Å². The predicted octanol–water partition coefficient (Wildman–Crippen LogP) is 3.57. The molecule has 0 radical (unpaired) electrons. The van der Waals surface area contributed by atoms with Crippen molar-refractivity contribution >= 4 is 62.2 Å². The number of carbonyl (C=O) groups excluding carboxylic acids is 2. The zero-order valence-electron chi connectivity index (χ0n) is 16.4. The van der Waals surface area contributed by atoms with Crippen molar-refractivity contribution in [2.75, 3.05) is 11.9 Å². The van der Waals surface area contributed by atoms with Gasteiger partial charge in [-0.3, -0.25) is 4.79 Å². The van der Waals surface area contributed by atoms with E-state index in [4.69, 9.17) is 4.74 Å². The fraction of sp³-hybridized carbons (Fsp3) is 0.263. The van der Waals surface area contributed by atoms with Crippen molar-refractivity contribution in [1.29, 1.82) is 0 Å². The van der Waals surface area contributed by atoms with Crippen LogP contribution < -0.4 is 5.32 Å². The van der Waals surface area contributed by atoms with Gasteiger partial charge in [0.15, 0.2) is 10.8 Å². The number of hydrogen-bond donors (Lipinski definition) is 2. The normalized spacial score (nSPS) is 12.2. The zero-order chi connectivity index (χ0) is 21.3. The van der Waals surface area contributed by atoms with Crippen LogP contribution in [0.15, 0.2) is 29.4 Å². The topological polar surface area (TPSA) is 123 Å². The van der Waals surface area contributed by atoms with E-state index in [0.29, 0.717) is 32.0 Å². The van der Waals surface area contributed by atoms with Gasteiger partial charge < -0.3 is 15.0 Å². The molecule has 0 bridgehead atoms. The molecule has 0 saturated heterocycles. The van der Waals surface area contributed by atoms with Crippen LogP contribution in [0.1, 0.15) is 29.2 Å². The lowest BCUT2D eigenvalue weighted by atomic mass is 10.2. The first-order valence-corrected chi connectivity index (χ1v) is 10.9. The van der Waals surface area contributed by atoms with Crippen molar-refractivity contribution in [3.8, 4) is 0 Å². The number of ether oxygens (including phenoxy) is 1. The molecular weight excluding hydrogens is 424 g/mol. The second-order valence-corrected chi connectivity index (χ2v) is 8.67. The van der Waals surface area contributed by atoms with E-state index in [1.807, 2.05) is 24.3 Å². The maximum absolute atomic E-state index is 12.6. The summed E-state index contributed by atoms with van der Waals surface area (Å²) in [6.07, 6.45) is 0. The van der Waals surface area contributed by atoms with E-state index >= 15 is 0 Å². The van der Waals surface area contributed by atoms with Crippen molar-refractivity contribution in [3.05, 3.63) is 34.8 Å². The van der Waals surface area contributed by atoms with Gasteiger partial charge in [0.1, 0.15) is 10.4 Å². The number of thiazole rings is 1. The number of nitrogens with one attached hydrogen (secondary N) is 2. The van der Waals surface area contributed by atoms with Crippen LogP contribution in [0.4, 0.5) is 5.13 Å². The molecule has 4 aromatic rings. The number of rotatable bonds is 6. The molecule has 3 aromatic heterocycles. The van der Waals surface area contributed by atoms with Gasteiger partial charge in [-0.2, -0.15) is 0 Å². The molecular formula is C19H18N6O3S2. The number of amides is 1. The van der Waals surface area contributed by atoms with Crippen LogP contribution in [0.2, 0.25) is 0 Å². The molecule has 3 heterocycles. The van der Waals surface area contributed by atoms with Crippen LogP contribution in [-0.4, -0.2) is 48.9 Å². The summed E-state index contributed by atoms with van der Waals surface area (Å²) in [4.78, 5) is 36.8. The van der Waals surface area contributed by atoms with Gasteiger partial charge in [-0.15, -0.1) is 10.2 Å². The largest absolute Gasteiger partial charge is 0.462 e. The Balaban J connectivity index is 1.46. The number of aromatic amines is 1. The van der Waals surface area contributed by atoms with Gasteiger partial charge in [0.05, 0.1) is 17.6 Å². The minimum absolute atomic E-state index is 0.274. The van der Waals surface area contributed by atoms with Gasteiger partial charge >= 0.3 is 5.97 Å². The number of anilines is 1. The number of aryl methyl sites for hydroxylation is 1. The van der Waals surface area contributed by atoms with Crippen molar-refractivity contribution in [2.45, 2.75) is 31.2 Å².